The van der Waals surface area contributed by atoms with Crippen molar-refractivity contribution in [2.45, 2.75) is 13.0 Å². The summed E-state index contributed by atoms with van der Waals surface area (Å²) in [5.74, 6) is -0.567. The predicted octanol–water partition coefficient (Wildman–Crippen LogP) is 1.71. The van der Waals surface area contributed by atoms with E-state index < -0.39 is 5.97 Å². The Balaban J connectivity index is 1.61. The topological polar surface area (TPSA) is 124 Å². The number of hydrogen-bond donors (Lipinski definition) is 3. The summed E-state index contributed by atoms with van der Waals surface area (Å²) < 4.78 is 5.24. The minimum Gasteiger partial charge on any atom is -0.497 e. The predicted molar refractivity (Wildman–Crippen MR) is 94.6 cm³/mol. The molecule has 9 nitrogen and oxygen atoms in total. The van der Waals surface area contributed by atoms with Crippen LogP contribution in [0.15, 0.2) is 30.5 Å². The SMILES string of the molecule is COc1cccc(-c2[nH]ncc2C(=O)N2CCc3c(C(=O)O)n[nH]c3C2)c1. The Morgan fingerprint density at radius 1 is 1.30 bits per heavy atom. The molecule has 138 valence electrons. The Morgan fingerprint density at radius 2 is 2.15 bits per heavy atom. The van der Waals surface area contributed by atoms with Crippen LogP contribution >= 0.6 is 0 Å². The van der Waals surface area contributed by atoms with Gasteiger partial charge in [0.1, 0.15) is 5.75 Å². The number of amides is 1. The molecule has 27 heavy (non-hydrogen) atoms. The highest BCUT2D eigenvalue weighted by atomic mass is 16.5. The summed E-state index contributed by atoms with van der Waals surface area (Å²) >= 11 is 0. The number of rotatable bonds is 4. The molecular formula is C18H17N5O4. The quantitative estimate of drug-likeness (QED) is 0.645. The van der Waals surface area contributed by atoms with E-state index in [0.717, 1.165) is 5.56 Å². The van der Waals surface area contributed by atoms with E-state index in [2.05, 4.69) is 20.4 Å². The first-order valence-corrected chi connectivity index (χ1v) is 8.35. The zero-order chi connectivity index (χ0) is 19.0. The smallest absolute Gasteiger partial charge is 0.356 e. The molecule has 1 amide bonds. The number of methoxy groups -OCH3 is 1. The zero-order valence-electron chi connectivity index (χ0n) is 14.5. The number of fused-ring (bicyclic) bond motifs is 1. The van der Waals surface area contributed by atoms with Crippen LogP contribution < -0.4 is 4.74 Å². The van der Waals surface area contributed by atoms with Gasteiger partial charge in [0, 0.05) is 17.7 Å². The first-order chi connectivity index (χ1) is 13.1. The third kappa shape index (κ3) is 2.92. The molecule has 9 heteroatoms. The standard InChI is InChI=1S/C18H17N5O4/c1-27-11-4-2-3-10(7-11)15-13(8-19-21-15)17(24)23-6-5-12-14(9-23)20-22-16(12)18(25)26/h2-4,7-8H,5-6,9H2,1H3,(H,19,21)(H,20,22)(H,25,26). The lowest BCUT2D eigenvalue weighted by Gasteiger charge is -2.26. The van der Waals surface area contributed by atoms with E-state index in [4.69, 9.17) is 4.74 Å². The van der Waals surface area contributed by atoms with Gasteiger partial charge in [0.15, 0.2) is 5.69 Å². The molecular weight excluding hydrogens is 350 g/mol. The summed E-state index contributed by atoms with van der Waals surface area (Å²) in [4.78, 5) is 25.9. The Labute approximate surface area is 154 Å². The molecule has 4 rings (SSSR count). The molecule has 2 aromatic heterocycles. The molecule has 0 spiro atoms. The molecule has 0 saturated heterocycles. The lowest BCUT2D eigenvalue weighted by molar-refractivity contribution is 0.0689. The van der Waals surface area contributed by atoms with E-state index in [1.807, 2.05) is 24.3 Å². The van der Waals surface area contributed by atoms with Crippen LogP contribution in [0.1, 0.15) is 32.1 Å². The number of ether oxygens (including phenoxy) is 1. The van der Waals surface area contributed by atoms with Crippen molar-refractivity contribution in [3.63, 3.8) is 0 Å². The third-order valence-electron chi connectivity index (χ3n) is 4.65. The van der Waals surface area contributed by atoms with Gasteiger partial charge in [0.05, 0.1) is 36.8 Å². The second-order valence-corrected chi connectivity index (χ2v) is 6.20. The molecule has 3 N–H and O–H groups in total. The van der Waals surface area contributed by atoms with Crippen LogP contribution in [0.25, 0.3) is 11.3 Å². The Bertz CT molecular complexity index is 1020. The van der Waals surface area contributed by atoms with E-state index in [1.54, 1.807) is 12.0 Å². The first kappa shape index (κ1) is 16.8. The molecule has 0 bridgehead atoms. The van der Waals surface area contributed by atoms with Crippen molar-refractivity contribution in [1.82, 2.24) is 25.3 Å². The highest BCUT2D eigenvalue weighted by Crippen LogP contribution is 2.27. The fourth-order valence-corrected chi connectivity index (χ4v) is 3.29. The molecule has 1 aliphatic rings. The lowest BCUT2D eigenvalue weighted by atomic mass is 10.0. The number of nitrogens with one attached hydrogen (secondary N) is 2. The Morgan fingerprint density at radius 3 is 2.93 bits per heavy atom. The molecule has 0 unspecified atom stereocenters. The Kier molecular flexibility index (Phi) is 4.11. The summed E-state index contributed by atoms with van der Waals surface area (Å²) in [7, 11) is 1.58. The normalized spacial score (nSPS) is 13.3. The van der Waals surface area contributed by atoms with Crippen molar-refractivity contribution < 1.29 is 19.4 Å². The van der Waals surface area contributed by atoms with Gasteiger partial charge in [-0.25, -0.2) is 4.79 Å². The number of benzene rings is 1. The van der Waals surface area contributed by atoms with Gasteiger partial charge in [-0.05, 0) is 18.6 Å². The van der Waals surface area contributed by atoms with Gasteiger partial charge in [0.2, 0.25) is 0 Å². The van der Waals surface area contributed by atoms with Crippen LogP contribution in [0.4, 0.5) is 0 Å². The number of carbonyl (C=O) groups is 2. The number of aromatic nitrogens is 4. The maximum atomic E-state index is 13.0. The maximum absolute atomic E-state index is 13.0. The molecule has 1 aliphatic heterocycles. The third-order valence-corrected chi connectivity index (χ3v) is 4.65. The average Bonchev–Trinajstić information content (AvgIpc) is 3.34. The van der Waals surface area contributed by atoms with Gasteiger partial charge >= 0.3 is 5.97 Å². The minimum absolute atomic E-state index is 0.0254. The maximum Gasteiger partial charge on any atom is 0.356 e. The van der Waals surface area contributed by atoms with Crippen molar-refractivity contribution in [3.8, 4) is 17.0 Å². The van der Waals surface area contributed by atoms with E-state index in [9.17, 15) is 14.7 Å². The van der Waals surface area contributed by atoms with Crippen molar-refractivity contribution in [1.29, 1.82) is 0 Å². The van der Waals surface area contributed by atoms with Crippen LogP contribution in [0, 0.1) is 0 Å². The summed E-state index contributed by atoms with van der Waals surface area (Å²) in [6.45, 7) is 0.686. The van der Waals surface area contributed by atoms with Gasteiger partial charge in [-0.3, -0.25) is 15.0 Å². The first-order valence-electron chi connectivity index (χ1n) is 8.35. The van der Waals surface area contributed by atoms with Crippen molar-refractivity contribution in [2.24, 2.45) is 0 Å². The van der Waals surface area contributed by atoms with Gasteiger partial charge < -0.3 is 14.7 Å². The van der Waals surface area contributed by atoms with Crippen LogP contribution in [0.2, 0.25) is 0 Å². The van der Waals surface area contributed by atoms with Crippen LogP contribution in [-0.2, 0) is 13.0 Å². The number of H-pyrrole nitrogens is 2. The minimum atomic E-state index is -1.07. The van der Waals surface area contributed by atoms with E-state index in [0.29, 0.717) is 41.2 Å². The van der Waals surface area contributed by atoms with E-state index >= 15 is 0 Å². The summed E-state index contributed by atoms with van der Waals surface area (Å²) in [6.07, 6.45) is 1.94. The molecule has 3 aromatic rings. The number of aromatic amines is 2. The Hall–Kier alpha value is -3.62. The molecule has 0 atom stereocenters. The van der Waals surface area contributed by atoms with Crippen LogP contribution in [0.3, 0.4) is 0 Å². The summed E-state index contributed by atoms with van der Waals surface area (Å²) in [5.41, 5.74) is 3.19. The van der Waals surface area contributed by atoms with Gasteiger partial charge in [-0.2, -0.15) is 10.2 Å². The number of aromatic carboxylic acids is 1. The molecule has 1 aromatic carbocycles. The summed E-state index contributed by atoms with van der Waals surface area (Å²) in [6, 6.07) is 7.36. The molecule has 0 saturated carbocycles. The van der Waals surface area contributed by atoms with E-state index in [-0.39, 0.29) is 18.1 Å². The number of carboxylic acid groups (broad SMARTS) is 1. The molecule has 0 aliphatic carbocycles. The zero-order valence-corrected chi connectivity index (χ0v) is 14.5. The summed E-state index contributed by atoms with van der Waals surface area (Å²) in [5, 5.41) is 22.7. The van der Waals surface area contributed by atoms with E-state index in [1.165, 1.54) is 6.20 Å². The highest BCUT2D eigenvalue weighted by molar-refractivity contribution is 6.00. The monoisotopic (exact) mass is 367 g/mol. The lowest BCUT2D eigenvalue weighted by Crippen LogP contribution is -2.36. The van der Waals surface area contributed by atoms with Crippen molar-refractivity contribution in [2.75, 3.05) is 13.7 Å². The average molecular weight is 367 g/mol. The molecule has 0 radical (unpaired) electrons. The molecule has 0 fully saturated rings. The second kappa shape index (κ2) is 6.60. The van der Waals surface area contributed by atoms with Gasteiger partial charge in [0.25, 0.3) is 5.91 Å². The number of nitrogens with zero attached hydrogens (tertiary/aromatic N) is 3. The van der Waals surface area contributed by atoms with Gasteiger partial charge in [-0.1, -0.05) is 12.1 Å². The highest BCUT2D eigenvalue weighted by Gasteiger charge is 2.29. The fraction of sp³-hybridized carbons (Fsp3) is 0.222. The number of carbonyl (C=O) groups excluding carboxylic acids is 1. The fourth-order valence-electron chi connectivity index (χ4n) is 3.29. The largest absolute Gasteiger partial charge is 0.497 e. The van der Waals surface area contributed by atoms with Gasteiger partial charge in [-0.15, -0.1) is 0 Å². The number of hydrogen-bond acceptors (Lipinski definition) is 5. The van der Waals surface area contributed by atoms with Crippen molar-refractivity contribution in [3.05, 3.63) is 53.0 Å². The van der Waals surface area contributed by atoms with Crippen molar-refractivity contribution >= 4 is 11.9 Å². The second-order valence-electron chi connectivity index (χ2n) is 6.20. The van der Waals surface area contributed by atoms with Crippen LogP contribution in [-0.4, -0.2) is 55.9 Å². The number of carboxylic acids is 1. The van der Waals surface area contributed by atoms with Crippen LogP contribution in [0.5, 0.6) is 5.75 Å². The molecule has 3 heterocycles.